The number of amides is 3. The average Bonchev–Trinajstić information content (AvgIpc) is 3.45. The van der Waals surface area contributed by atoms with Gasteiger partial charge in [-0.3, -0.25) is 19.3 Å². The van der Waals surface area contributed by atoms with Gasteiger partial charge in [0.1, 0.15) is 12.4 Å². The predicted molar refractivity (Wildman–Crippen MR) is 106 cm³/mol. The van der Waals surface area contributed by atoms with Crippen molar-refractivity contribution in [2.45, 2.75) is 26.3 Å². The van der Waals surface area contributed by atoms with E-state index in [1.54, 1.807) is 0 Å². The van der Waals surface area contributed by atoms with E-state index in [-0.39, 0.29) is 59.9 Å². The summed E-state index contributed by atoms with van der Waals surface area (Å²) >= 11 is 0. The molecule has 1 saturated heterocycles. The van der Waals surface area contributed by atoms with Crippen molar-refractivity contribution >= 4 is 28.8 Å². The van der Waals surface area contributed by atoms with Crippen molar-refractivity contribution < 1.29 is 14.4 Å². The third-order valence-corrected chi connectivity index (χ3v) is 6.55. The molecule has 1 saturated carbocycles. The van der Waals surface area contributed by atoms with Crippen LogP contribution in [0.15, 0.2) is 36.4 Å². The fourth-order valence-corrected chi connectivity index (χ4v) is 5.15. The third kappa shape index (κ3) is 2.79. The van der Waals surface area contributed by atoms with E-state index in [2.05, 4.69) is 27.4 Å². The summed E-state index contributed by atoms with van der Waals surface area (Å²) in [7, 11) is 0. The molecule has 7 nitrogen and oxygen atoms in total. The number of para-hydroxylation sites is 2. The van der Waals surface area contributed by atoms with Gasteiger partial charge >= 0.3 is 0 Å². The number of imidazole rings is 1. The van der Waals surface area contributed by atoms with Gasteiger partial charge in [0.15, 0.2) is 0 Å². The molecule has 2 bridgehead atoms. The minimum absolute atomic E-state index is 0.0870. The van der Waals surface area contributed by atoms with Gasteiger partial charge in [0, 0.05) is 0 Å². The minimum atomic E-state index is -0.342. The average molecular weight is 392 g/mol. The minimum Gasteiger partial charge on any atom is -0.344 e. The molecule has 2 aromatic rings. The van der Waals surface area contributed by atoms with E-state index < -0.39 is 0 Å². The fraction of sp³-hybridized carbons (Fsp3) is 0.455. The number of benzene rings is 1. The lowest BCUT2D eigenvalue weighted by atomic mass is 9.85. The fourth-order valence-electron chi connectivity index (χ4n) is 5.15. The van der Waals surface area contributed by atoms with Crippen molar-refractivity contribution in [2.24, 2.45) is 29.6 Å². The lowest BCUT2D eigenvalue weighted by Crippen LogP contribution is -2.43. The SMILES string of the molecule is CC(C)C(NC(=O)CN1C(=O)C2C3C=CC(C3)C2C1=O)c1nc2ccccc2[nH]1. The summed E-state index contributed by atoms with van der Waals surface area (Å²) in [6.07, 6.45) is 4.99. The second kappa shape index (κ2) is 6.54. The van der Waals surface area contributed by atoms with Gasteiger partial charge in [-0.05, 0) is 36.3 Å². The Morgan fingerprint density at radius 3 is 2.45 bits per heavy atom. The molecule has 1 aromatic carbocycles. The standard InChI is InChI=1S/C22H24N4O3/c1-11(2)19(20-23-14-5-3-4-6-15(14)24-20)25-16(27)10-26-21(28)17-12-7-8-13(9-12)18(17)22(26)29/h3-8,11-13,17-19H,9-10H2,1-2H3,(H,23,24)(H,25,27). The van der Waals surface area contributed by atoms with Gasteiger partial charge in [-0.2, -0.15) is 0 Å². The Morgan fingerprint density at radius 1 is 1.17 bits per heavy atom. The summed E-state index contributed by atoms with van der Waals surface area (Å²) < 4.78 is 0. The molecule has 2 N–H and O–H groups in total. The van der Waals surface area contributed by atoms with Gasteiger partial charge in [-0.25, -0.2) is 4.98 Å². The van der Waals surface area contributed by atoms with Crippen molar-refractivity contribution in [2.75, 3.05) is 6.54 Å². The van der Waals surface area contributed by atoms with Crippen LogP contribution in [0.4, 0.5) is 0 Å². The van der Waals surface area contributed by atoms with E-state index in [0.717, 1.165) is 22.4 Å². The summed E-state index contributed by atoms with van der Waals surface area (Å²) in [5, 5.41) is 2.97. The summed E-state index contributed by atoms with van der Waals surface area (Å²) in [5.41, 5.74) is 1.74. The lowest BCUT2D eigenvalue weighted by molar-refractivity contribution is -0.144. The number of allylic oxidation sites excluding steroid dienone is 2. The first-order valence-corrected chi connectivity index (χ1v) is 10.2. The second-order valence-electron chi connectivity index (χ2n) is 8.69. The van der Waals surface area contributed by atoms with Crippen LogP contribution in [0.5, 0.6) is 0 Å². The lowest BCUT2D eigenvalue weighted by Gasteiger charge is -2.22. The molecule has 7 heteroatoms. The van der Waals surface area contributed by atoms with Crippen LogP contribution in [0.2, 0.25) is 0 Å². The molecule has 0 radical (unpaired) electrons. The van der Waals surface area contributed by atoms with E-state index in [9.17, 15) is 14.4 Å². The Labute approximate surface area is 168 Å². The van der Waals surface area contributed by atoms with E-state index in [0.29, 0.717) is 5.82 Å². The Kier molecular flexibility index (Phi) is 4.08. The summed E-state index contributed by atoms with van der Waals surface area (Å²) in [5.74, 6) is -0.235. The van der Waals surface area contributed by atoms with Crippen molar-refractivity contribution in [1.29, 1.82) is 0 Å². The van der Waals surface area contributed by atoms with Crippen molar-refractivity contribution in [3.05, 3.63) is 42.2 Å². The maximum absolute atomic E-state index is 12.8. The number of carbonyl (C=O) groups excluding carboxylic acids is 3. The third-order valence-electron chi connectivity index (χ3n) is 6.55. The molecule has 150 valence electrons. The first-order chi connectivity index (χ1) is 13.9. The molecule has 2 fully saturated rings. The number of hydrogen-bond donors (Lipinski definition) is 2. The van der Waals surface area contributed by atoms with Crippen molar-refractivity contribution in [3.63, 3.8) is 0 Å². The number of imide groups is 1. The van der Waals surface area contributed by atoms with Gasteiger partial charge in [0.2, 0.25) is 17.7 Å². The number of H-pyrrole nitrogens is 1. The molecule has 2 aliphatic carbocycles. The molecule has 5 unspecified atom stereocenters. The number of rotatable bonds is 5. The van der Waals surface area contributed by atoms with Crippen LogP contribution in [0.1, 0.15) is 32.1 Å². The van der Waals surface area contributed by atoms with Gasteiger partial charge < -0.3 is 10.3 Å². The molecule has 3 aliphatic rings. The molecule has 29 heavy (non-hydrogen) atoms. The molecule has 2 heterocycles. The highest BCUT2D eigenvalue weighted by Crippen LogP contribution is 2.52. The second-order valence-corrected chi connectivity index (χ2v) is 8.69. The molecule has 1 aliphatic heterocycles. The number of carbonyl (C=O) groups is 3. The molecular formula is C22H24N4O3. The van der Waals surface area contributed by atoms with Crippen LogP contribution in [0, 0.1) is 29.6 Å². The molecule has 0 spiro atoms. The normalized spacial score (nSPS) is 28.6. The Balaban J connectivity index is 1.31. The van der Waals surface area contributed by atoms with Crippen LogP contribution in [-0.2, 0) is 14.4 Å². The number of hydrogen-bond acceptors (Lipinski definition) is 4. The number of fused-ring (bicyclic) bond motifs is 6. The zero-order chi connectivity index (χ0) is 20.3. The zero-order valence-electron chi connectivity index (χ0n) is 16.5. The van der Waals surface area contributed by atoms with Gasteiger partial charge in [-0.15, -0.1) is 0 Å². The largest absolute Gasteiger partial charge is 0.344 e. The van der Waals surface area contributed by atoms with Crippen molar-refractivity contribution in [3.8, 4) is 0 Å². The van der Waals surface area contributed by atoms with E-state index >= 15 is 0 Å². The molecule has 5 atom stereocenters. The number of nitrogens with one attached hydrogen (secondary N) is 2. The summed E-state index contributed by atoms with van der Waals surface area (Å²) in [6, 6.07) is 7.36. The van der Waals surface area contributed by atoms with Gasteiger partial charge in [-0.1, -0.05) is 38.1 Å². The first kappa shape index (κ1) is 18.1. The Hall–Kier alpha value is -2.96. The molecule has 5 rings (SSSR count). The quantitative estimate of drug-likeness (QED) is 0.602. The number of aromatic nitrogens is 2. The Bertz CT molecular complexity index is 977. The summed E-state index contributed by atoms with van der Waals surface area (Å²) in [6.45, 7) is 3.77. The van der Waals surface area contributed by atoms with Gasteiger partial charge in [0.05, 0.1) is 28.9 Å². The smallest absolute Gasteiger partial charge is 0.240 e. The van der Waals surface area contributed by atoms with E-state index in [1.165, 1.54) is 0 Å². The highest BCUT2D eigenvalue weighted by atomic mass is 16.2. The number of likely N-dealkylation sites (tertiary alicyclic amines) is 1. The van der Waals surface area contributed by atoms with Crippen LogP contribution < -0.4 is 5.32 Å². The topological polar surface area (TPSA) is 95.2 Å². The van der Waals surface area contributed by atoms with Crippen LogP contribution in [-0.4, -0.2) is 39.1 Å². The van der Waals surface area contributed by atoms with E-state index in [4.69, 9.17) is 0 Å². The predicted octanol–water partition coefficient (Wildman–Crippen LogP) is 2.18. The van der Waals surface area contributed by atoms with Crippen LogP contribution in [0.3, 0.4) is 0 Å². The number of aromatic amines is 1. The van der Waals surface area contributed by atoms with E-state index in [1.807, 2.05) is 38.1 Å². The maximum atomic E-state index is 12.8. The molecule has 1 aromatic heterocycles. The molecular weight excluding hydrogens is 368 g/mol. The maximum Gasteiger partial charge on any atom is 0.240 e. The first-order valence-electron chi connectivity index (χ1n) is 10.2. The van der Waals surface area contributed by atoms with Crippen LogP contribution >= 0.6 is 0 Å². The summed E-state index contributed by atoms with van der Waals surface area (Å²) in [4.78, 5) is 47.4. The monoisotopic (exact) mass is 392 g/mol. The van der Waals surface area contributed by atoms with Gasteiger partial charge in [0.25, 0.3) is 0 Å². The number of nitrogens with zero attached hydrogens (tertiary/aromatic N) is 2. The Morgan fingerprint density at radius 2 is 1.83 bits per heavy atom. The highest BCUT2D eigenvalue weighted by Gasteiger charge is 2.59. The molecule has 3 amide bonds. The highest BCUT2D eigenvalue weighted by molar-refractivity contribution is 6.08. The van der Waals surface area contributed by atoms with Crippen LogP contribution in [0.25, 0.3) is 11.0 Å². The van der Waals surface area contributed by atoms with Crippen molar-refractivity contribution in [1.82, 2.24) is 20.2 Å². The zero-order valence-corrected chi connectivity index (χ0v) is 16.5.